The van der Waals surface area contributed by atoms with Crippen LogP contribution in [0, 0.1) is 12.3 Å². The first-order chi connectivity index (χ1) is 7.38. The Balaban J connectivity index is 0.00000128. The van der Waals surface area contributed by atoms with Gasteiger partial charge in [0.1, 0.15) is 17.5 Å². The van der Waals surface area contributed by atoms with Crippen LogP contribution in [-0.2, 0) is 0 Å². The SMILES string of the molecule is C#Cc1ccc(OC2CCNCC2)cn1.Cl. The maximum Gasteiger partial charge on any atom is 0.138 e. The summed E-state index contributed by atoms with van der Waals surface area (Å²) in [6, 6.07) is 3.68. The topological polar surface area (TPSA) is 34.1 Å². The Hall–Kier alpha value is -1.24. The number of nitrogens with one attached hydrogen (secondary N) is 1. The number of hydrogen-bond acceptors (Lipinski definition) is 3. The van der Waals surface area contributed by atoms with Crippen LogP contribution in [0.4, 0.5) is 0 Å². The quantitative estimate of drug-likeness (QED) is 0.795. The molecule has 0 spiro atoms. The van der Waals surface area contributed by atoms with Gasteiger partial charge in [-0.05, 0) is 38.1 Å². The Kier molecular flexibility index (Phi) is 5.10. The van der Waals surface area contributed by atoms with Crippen molar-refractivity contribution >= 4 is 12.4 Å². The van der Waals surface area contributed by atoms with E-state index >= 15 is 0 Å². The van der Waals surface area contributed by atoms with E-state index < -0.39 is 0 Å². The van der Waals surface area contributed by atoms with Gasteiger partial charge in [0.25, 0.3) is 0 Å². The standard InChI is InChI=1S/C12H14N2O.ClH/c1-2-10-3-4-12(9-14-10)15-11-5-7-13-8-6-11;/h1,3-4,9,11,13H,5-8H2;1H. The van der Waals surface area contributed by atoms with Gasteiger partial charge in [-0.3, -0.25) is 0 Å². The molecule has 0 saturated carbocycles. The van der Waals surface area contributed by atoms with E-state index in [1.807, 2.05) is 6.07 Å². The van der Waals surface area contributed by atoms with Gasteiger partial charge in [0, 0.05) is 0 Å². The smallest absolute Gasteiger partial charge is 0.138 e. The third-order valence-electron chi connectivity index (χ3n) is 2.47. The lowest BCUT2D eigenvalue weighted by Crippen LogP contribution is -2.34. The van der Waals surface area contributed by atoms with Crippen molar-refractivity contribution in [2.45, 2.75) is 18.9 Å². The molecule has 1 aliphatic rings. The molecule has 1 N–H and O–H groups in total. The van der Waals surface area contributed by atoms with Gasteiger partial charge < -0.3 is 10.1 Å². The number of hydrogen-bond donors (Lipinski definition) is 1. The van der Waals surface area contributed by atoms with Gasteiger partial charge in [0.05, 0.1) is 6.20 Å². The van der Waals surface area contributed by atoms with Crippen molar-refractivity contribution < 1.29 is 4.74 Å². The average molecular weight is 239 g/mol. The van der Waals surface area contributed by atoms with E-state index in [0.717, 1.165) is 31.7 Å². The summed E-state index contributed by atoms with van der Waals surface area (Å²) in [6.45, 7) is 2.06. The number of piperidine rings is 1. The molecule has 1 saturated heterocycles. The third-order valence-corrected chi connectivity index (χ3v) is 2.47. The lowest BCUT2D eigenvalue weighted by molar-refractivity contribution is 0.162. The molecule has 0 aliphatic carbocycles. The van der Waals surface area contributed by atoms with Crippen molar-refractivity contribution in [2.24, 2.45) is 0 Å². The van der Waals surface area contributed by atoms with Crippen LogP contribution in [0.15, 0.2) is 18.3 Å². The van der Waals surface area contributed by atoms with Crippen molar-refractivity contribution in [1.82, 2.24) is 10.3 Å². The van der Waals surface area contributed by atoms with E-state index in [9.17, 15) is 0 Å². The second-order valence-corrected chi connectivity index (χ2v) is 3.59. The molecule has 2 rings (SSSR count). The third kappa shape index (κ3) is 3.41. The molecule has 16 heavy (non-hydrogen) atoms. The van der Waals surface area contributed by atoms with Crippen LogP contribution in [0.25, 0.3) is 0 Å². The molecule has 1 aliphatic heterocycles. The van der Waals surface area contributed by atoms with Gasteiger partial charge in [0.15, 0.2) is 0 Å². The number of terminal acetylenes is 1. The molecule has 0 amide bonds. The first-order valence-corrected chi connectivity index (χ1v) is 5.18. The molecule has 0 aromatic carbocycles. The van der Waals surface area contributed by atoms with Gasteiger partial charge in [-0.15, -0.1) is 18.8 Å². The number of rotatable bonds is 2. The van der Waals surface area contributed by atoms with Crippen LogP contribution in [0.1, 0.15) is 18.5 Å². The Morgan fingerprint density at radius 3 is 2.69 bits per heavy atom. The highest BCUT2D eigenvalue weighted by atomic mass is 35.5. The zero-order valence-electron chi connectivity index (χ0n) is 8.98. The highest BCUT2D eigenvalue weighted by Gasteiger charge is 2.14. The summed E-state index contributed by atoms with van der Waals surface area (Å²) in [4.78, 5) is 4.09. The number of halogens is 1. The summed E-state index contributed by atoms with van der Waals surface area (Å²) in [6.07, 6.45) is 9.33. The van der Waals surface area contributed by atoms with Crippen LogP contribution in [0.3, 0.4) is 0 Å². The molecule has 2 heterocycles. The maximum absolute atomic E-state index is 5.78. The van der Waals surface area contributed by atoms with Gasteiger partial charge in [-0.1, -0.05) is 5.92 Å². The minimum absolute atomic E-state index is 0. The van der Waals surface area contributed by atoms with Gasteiger partial charge in [0.2, 0.25) is 0 Å². The van der Waals surface area contributed by atoms with E-state index in [2.05, 4.69) is 16.2 Å². The van der Waals surface area contributed by atoms with Crippen molar-refractivity contribution in [1.29, 1.82) is 0 Å². The summed E-state index contributed by atoms with van der Waals surface area (Å²) < 4.78 is 5.78. The molecular formula is C12H15ClN2O. The second-order valence-electron chi connectivity index (χ2n) is 3.59. The Morgan fingerprint density at radius 1 is 1.38 bits per heavy atom. The lowest BCUT2D eigenvalue weighted by Gasteiger charge is -2.23. The second kappa shape index (κ2) is 6.37. The van der Waals surface area contributed by atoms with E-state index in [1.54, 1.807) is 12.3 Å². The van der Waals surface area contributed by atoms with E-state index in [4.69, 9.17) is 11.2 Å². The normalized spacial score (nSPS) is 15.9. The molecule has 86 valence electrons. The van der Waals surface area contributed by atoms with Gasteiger partial charge >= 0.3 is 0 Å². The number of pyridine rings is 1. The summed E-state index contributed by atoms with van der Waals surface area (Å²) in [5, 5.41) is 3.30. The Labute approximate surface area is 102 Å². The zero-order valence-corrected chi connectivity index (χ0v) is 9.80. The van der Waals surface area contributed by atoms with Crippen LogP contribution < -0.4 is 10.1 Å². The number of ether oxygens (including phenoxy) is 1. The molecule has 0 atom stereocenters. The summed E-state index contributed by atoms with van der Waals surface area (Å²) in [7, 11) is 0. The molecule has 0 radical (unpaired) electrons. The summed E-state index contributed by atoms with van der Waals surface area (Å²) in [5.74, 6) is 3.29. The first kappa shape index (κ1) is 12.8. The lowest BCUT2D eigenvalue weighted by atomic mass is 10.1. The average Bonchev–Trinajstić information content (AvgIpc) is 2.31. The largest absolute Gasteiger partial charge is 0.489 e. The predicted octanol–water partition coefficient (Wildman–Crippen LogP) is 1.62. The summed E-state index contributed by atoms with van der Waals surface area (Å²) in [5.41, 5.74) is 0.646. The van der Waals surface area contributed by atoms with E-state index in [0.29, 0.717) is 11.8 Å². The molecule has 3 nitrogen and oxygen atoms in total. The van der Waals surface area contributed by atoms with Crippen LogP contribution >= 0.6 is 12.4 Å². The van der Waals surface area contributed by atoms with Crippen molar-refractivity contribution in [3.8, 4) is 18.1 Å². The minimum atomic E-state index is 0. The molecule has 0 bridgehead atoms. The van der Waals surface area contributed by atoms with Gasteiger partial charge in [-0.25, -0.2) is 4.98 Å². The Morgan fingerprint density at radius 2 is 2.12 bits per heavy atom. The van der Waals surface area contributed by atoms with Crippen LogP contribution in [0.5, 0.6) is 5.75 Å². The fourth-order valence-corrected chi connectivity index (χ4v) is 1.64. The van der Waals surface area contributed by atoms with Crippen molar-refractivity contribution in [2.75, 3.05) is 13.1 Å². The first-order valence-electron chi connectivity index (χ1n) is 5.18. The highest BCUT2D eigenvalue weighted by molar-refractivity contribution is 5.85. The van der Waals surface area contributed by atoms with Crippen LogP contribution in [0.2, 0.25) is 0 Å². The van der Waals surface area contributed by atoms with Crippen molar-refractivity contribution in [3.63, 3.8) is 0 Å². The summed E-state index contributed by atoms with van der Waals surface area (Å²) >= 11 is 0. The number of aromatic nitrogens is 1. The van der Waals surface area contributed by atoms with Crippen molar-refractivity contribution in [3.05, 3.63) is 24.0 Å². The molecule has 1 aromatic heterocycles. The fourth-order valence-electron chi connectivity index (χ4n) is 1.64. The monoisotopic (exact) mass is 238 g/mol. The molecule has 1 aromatic rings. The highest BCUT2D eigenvalue weighted by Crippen LogP contribution is 2.15. The molecule has 4 heteroatoms. The molecule has 0 unspecified atom stereocenters. The predicted molar refractivity (Wildman–Crippen MR) is 65.9 cm³/mol. The number of nitrogens with zero attached hydrogens (tertiary/aromatic N) is 1. The zero-order chi connectivity index (χ0) is 10.5. The van der Waals surface area contributed by atoms with E-state index in [1.165, 1.54) is 0 Å². The molecular weight excluding hydrogens is 224 g/mol. The van der Waals surface area contributed by atoms with Crippen LogP contribution in [-0.4, -0.2) is 24.2 Å². The maximum atomic E-state index is 5.78. The minimum Gasteiger partial charge on any atom is -0.489 e. The molecule has 1 fully saturated rings. The van der Waals surface area contributed by atoms with Gasteiger partial charge in [-0.2, -0.15) is 0 Å². The van der Waals surface area contributed by atoms with E-state index in [-0.39, 0.29) is 12.4 Å². The fraction of sp³-hybridized carbons (Fsp3) is 0.417. The Bertz CT molecular complexity index is 352.